The molecule has 0 saturated carbocycles. The fraction of sp³-hybridized carbons (Fsp3) is 0.190. The predicted molar refractivity (Wildman–Crippen MR) is 137 cm³/mol. The molecule has 2 aromatic carbocycles. The first-order chi connectivity index (χ1) is 13.3. The Hall–Kier alpha value is -0.184. The standard InChI is InChI=1S/C21H18Br2INOSeSi/c1-4-9-28(3)15-10-12(26)6-8-13(15)25-14-7-5-11(2)16(20(14)28)19-17(22)18(23)21(24)27-19/h5-8,10,26H,2,4,9H2,1,3H3. The van der Waals surface area contributed by atoms with Crippen LogP contribution in [0.3, 0.4) is 0 Å². The topological polar surface area (TPSA) is 32.6 Å². The Kier molecular flexibility index (Phi) is 5.88. The SMILES string of the molecule is C=c1ccc2c(c1-c1[se]c(I)c(Br)c1Br)[Si](C)(CCC)c1cc(O)ccc1N=2. The van der Waals surface area contributed by atoms with Crippen molar-refractivity contribution in [1.29, 1.82) is 0 Å². The number of aromatic hydroxyl groups is 1. The number of phenols is 1. The van der Waals surface area contributed by atoms with Gasteiger partial charge in [0.25, 0.3) is 0 Å². The predicted octanol–water partition coefficient (Wildman–Crippen LogP) is 4.52. The van der Waals surface area contributed by atoms with Crippen LogP contribution >= 0.6 is 54.5 Å². The van der Waals surface area contributed by atoms with Gasteiger partial charge in [0, 0.05) is 0 Å². The summed E-state index contributed by atoms with van der Waals surface area (Å²) in [5.74, 6) is 0.323. The van der Waals surface area contributed by atoms with Crippen molar-refractivity contribution in [2.45, 2.75) is 25.9 Å². The first-order valence-corrected chi connectivity index (χ1v) is 16.0. The Morgan fingerprint density at radius 1 is 1.21 bits per heavy atom. The third-order valence-electron chi connectivity index (χ3n) is 5.37. The monoisotopic (exact) mass is 693 g/mol. The molecule has 1 unspecified atom stereocenters. The molecule has 1 atom stereocenters. The van der Waals surface area contributed by atoms with Crippen molar-refractivity contribution in [3.05, 3.63) is 52.3 Å². The molecule has 2 nitrogen and oxygen atoms in total. The van der Waals surface area contributed by atoms with Crippen molar-refractivity contribution in [2.24, 2.45) is 4.99 Å². The van der Waals surface area contributed by atoms with Crippen LogP contribution in [0.5, 0.6) is 5.75 Å². The normalized spacial score (nSPS) is 17.8. The summed E-state index contributed by atoms with van der Waals surface area (Å²) in [6, 6.07) is 11.0. The van der Waals surface area contributed by atoms with Crippen molar-refractivity contribution in [3.63, 3.8) is 0 Å². The van der Waals surface area contributed by atoms with Crippen LogP contribution in [0.1, 0.15) is 13.3 Å². The Bertz CT molecular complexity index is 1230. The molecule has 1 aliphatic heterocycles. The van der Waals surface area contributed by atoms with E-state index in [2.05, 4.69) is 86.6 Å². The average molecular weight is 694 g/mol. The molecule has 0 saturated heterocycles. The molecule has 4 rings (SSSR count). The van der Waals surface area contributed by atoms with Gasteiger partial charge in [-0.1, -0.05) is 0 Å². The molecule has 0 amide bonds. The molecule has 1 aromatic heterocycles. The number of hydrogen-bond donors (Lipinski definition) is 1. The van der Waals surface area contributed by atoms with Crippen molar-refractivity contribution >= 4 is 99.7 Å². The average Bonchev–Trinajstić information content (AvgIpc) is 2.91. The number of halogens is 3. The molecule has 28 heavy (non-hydrogen) atoms. The molecule has 7 heteroatoms. The first-order valence-electron chi connectivity index (χ1n) is 8.96. The van der Waals surface area contributed by atoms with E-state index in [9.17, 15) is 5.11 Å². The number of hydrogen-bond acceptors (Lipinski definition) is 2. The second kappa shape index (κ2) is 7.82. The quantitative estimate of drug-likeness (QED) is 0.318. The fourth-order valence-corrected chi connectivity index (χ4v) is 14.6. The molecule has 1 aliphatic rings. The van der Waals surface area contributed by atoms with E-state index in [4.69, 9.17) is 4.99 Å². The van der Waals surface area contributed by atoms with Crippen LogP contribution in [0.2, 0.25) is 12.6 Å². The van der Waals surface area contributed by atoms with E-state index in [1.54, 1.807) is 6.07 Å². The number of nitrogens with zero attached hydrogens (tertiary/aromatic N) is 1. The molecule has 0 spiro atoms. The molecule has 144 valence electrons. The molecule has 0 bridgehead atoms. The van der Waals surface area contributed by atoms with Crippen LogP contribution in [0.15, 0.2) is 44.3 Å². The summed E-state index contributed by atoms with van der Waals surface area (Å²) < 4.78 is 5.00. The van der Waals surface area contributed by atoms with Gasteiger partial charge in [-0.3, -0.25) is 0 Å². The summed E-state index contributed by atoms with van der Waals surface area (Å²) in [6.45, 7) is 9.08. The van der Waals surface area contributed by atoms with Crippen LogP contribution in [-0.2, 0) is 0 Å². The number of benzene rings is 2. The van der Waals surface area contributed by atoms with Gasteiger partial charge in [-0.2, -0.15) is 0 Å². The second-order valence-corrected chi connectivity index (χ2v) is 17.9. The van der Waals surface area contributed by atoms with Gasteiger partial charge < -0.3 is 0 Å². The Labute approximate surface area is 201 Å². The van der Waals surface area contributed by atoms with Gasteiger partial charge >= 0.3 is 204 Å². The summed E-state index contributed by atoms with van der Waals surface area (Å²) in [7, 11) is -2.10. The Balaban J connectivity index is 2.16. The van der Waals surface area contributed by atoms with Gasteiger partial charge in [0.05, 0.1) is 0 Å². The van der Waals surface area contributed by atoms with Gasteiger partial charge in [-0.15, -0.1) is 0 Å². The Morgan fingerprint density at radius 3 is 2.61 bits per heavy atom. The summed E-state index contributed by atoms with van der Waals surface area (Å²) >= 11 is 10.2. The molecule has 3 aromatic rings. The van der Waals surface area contributed by atoms with Crippen molar-refractivity contribution in [3.8, 4) is 15.8 Å². The molecule has 1 N–H and O–H groups in total. The van der Waals surface area contributed by atoms with Crippen molar-refractivity contribution in [2.75, 3.05) is 0 Å². The van der Waals surface area contributed by atoms with E-state index in [1.165, 1.54) is 22.8 Å². The van der Waals surface area contributed by atoms with E-state index >= 15 is 0 Å². The van der Waals surface area contributed by atoms with Gasteiger partial charge in [0.1, 0.15) is 0 Å². The minimum atomic E-state index is -2.10. The summed E-state index contributed by atoms with van der Waals surface area (Å²) in [5.41, 5.74) is 2.28. The van der Waals surface area contributed by atoms with Crippen LogP contribution in [-0.4, -0.2) is 27.7 Å². The molecule has 0 aliphatic carbocycles. The molecule has 0 fully saturated rings. The summed E-state index contributed by atoms with van der Waals surface area (Å²) in [5, 5.41) is 15.0. The van der Waals surface area contributed by atoms with Crippen molar-refractivity contribution in [1.82, 2.24) is 0 Å². The molecule has 2 heterocycles. The van der Waals surface area contributed by atoms with Crippen LogP contribution in [0.4, 0.5) is 5.69 Å². The molecular weight excluding hydrogens is 676 g/mol. The van der Waals surface area contributed by atoms with Gasteiger partial charge in [-0.05, 0) is 0 Å². The van der Waals surface area contributed by atoms with Crippen LogP contribution in [0.25, 0.3) is 16.6 Å². The van der Waals surface area contributed by atoms with Gasteiger partial charge in [-0.25, -0.2) is 0 Å². The summed E-state index contributed by atoms with van der Waals surface area (Å²) in [6.07, 6.45) is 1.10. The maximum absolute atomic E-state index is 10.2. The van der Waals surface area contributed by atoms with E-state index < -0.39 is 8.07 Å². The third kappa shape index (κ3) is 3.26. The van der Waals surface area contributed by atoms with Crippen LogP contribution in [0, 0.1) is 2.44 Å². The van der Waals surface area contributed by atoms with E-state index in [0.717, 1.165) is 37.7 Å². The summed E-state index contributed by atoms with van der Waals surface area (Å²) in [4.78, 5) is 5.00. The minimum absolute atomic E-state index is 0.237. The fourth-order valence-electron chi connectivity index (χ4n) is 4.16. The zero-order valence-corrected chi connectivity index (χ0v) is 23.5. The zero-order valence-electron chi connectivity index (χ0n) is 15.4. The van der Waals surface area contributed by atoms with E-state index in [0.29, 0.717) is 5.75 Å². The van der Waals surface area contributed by atoms with Crippen molar-refractivity contribution < 1.29 is 5.11 Å². The third-order valence-corrected chi connectivity index (χ3v) is 17.9. The number of phenolic OH excluding ortho intramolecular Hbond substituents is 1. The molecule has 0 radical (unpaired) electrons. The second-order valence-electron chi connectivity index (χ2n) is 7.22. The van der Waals surface area contributed by atoms with Crippen LogP contribution < -0.4 is 20.9 Å². The molecular formula is C21H18Br2INOSeSi. The number of rotatable bonds is 3. The van der Waals surface area contributed by atoms with E-state index in [-0.39, 0.29) is 14.5 Å². The van der Waals surface area contributed by atoms with Gasteiger partial charge in [0.2, 0.25) is 0 Å². The van der Waals surface area contributed by atoms with Gasteiger partial charge in [0.15, 0.2) is 0 Å². The van der Waals surface area contributed by atoms with E-state index in [1.807, 2.05) is 12.1 Å². The zero-order chi connectivity index (χ0) is 20.2. The first kappa shape index (κ1) is 21.1. The Morgan fingerprint density at radius 2 is 1.96 bits per heavy atom. The number of fused-ring (bicyclic) bond motifs is 2. The maximum atomic E-state index is 10.2.